The van der Waals surface area contributed by atoms with Crippen LogP contribution in [-0.4, -0.2) is 15.1 Å². The second kappa shape index (κ2) is 4.04. The first kappa shape index (κ1) is 8.97. The lowest BCUT2D eigenvalue weighted by Crippen LogP contribution is -1.94. The fraction of sp³-hybridized carbons (Fsp3) is 0.556. The molecule has 0 amide bonds. The van der Waals surface area contributed by atoms with Crippen LogP contribution in [0.1, 0.15) is 25.8 Å². The molecule has 0 aliphatic rings. The lowest BCUT2D eigenvalue weighted by atomic mass is 10.0. The molecule has 3 heteroatoms. The maximum atomic E-state index is 9.27. The summed E-state index contributed by atoms with van der Waals surface area (Å²) in [5, 5.41) is 9.27. The Morgan fingerprint density at radius 3 is 2.83 bits per heavy atom. The van der Waals surface area contributed by atoms with Gasteiger partial charge in [0.25, 0.3) is 0 Å². The summed E-state index contributed by atoms with van der Waals surface area (Å²) in [6, 6.07) is 0. The van der Waals surface area contributed by atoms with E-state index in [4.69, 9.17) is 0 Å². The fourth-order valence-corrected chi connectivity index (χ4v) is 0.973. The Hall–Kier alpha value is -1.12. The first-order valence-corrected chi connectivity index (χ1v) is 4.18. The molecule has 0 fully saturated rings. The first-order chi connectivity index (χ1) is 5.70. The molecule has 0 radical (unpaired) electrons. The van der Waals surface area contributed by atoms with Crippen molar-refractivity contribution in [2.75, 3.05) is 0 Å². The number of nitrogens with zero attached hydrogens (tertiary/aromatic N) is 2. The largest absolute Gasteiger partial charge is 0.493 e. The van der Waals surface area contributed by atoms with Crippen LogP contribution in [0.3, 0.4) is 0 Å². The molecule has 12 heavy (non-hydrogen) atoms. The second-order valence-electron chi connectivity index (χ2n) is 3.30. The summed E-state index contributed by atoms with van der Waals surface area (Å²) < 4.78 is 0. The van der Waals surface area contributed by atoms with Crippen molar-refractivity contribution in [3.63, 3.8) is 0 Å². The molecule has 1 aromatic rings. The van der Waals surface area contributed by atoms with Crippen LogP contribution < -0.4 is 0 Å². The molecule has 0 aliphatic heterocycles. The molecule has 0 aromatic carbocycles. The topological polar surface area (TPSA) is 46.0 Å². The molecule has 1 N–H and O–H groups in total. The normalized spacial score (nSPS) is 10.6. The molecule has 0 unspecified atom stereocenters. The Labute approximate surface area is 72.5 Å². The van der Waals surface area contributed by atoms with Crippen molar-refractivity contribution >= 4 is 0 Å². The zero-order valence-electron chi connectivity index (χ0n) is 7.49. The smallest absolute Gasteiger partial charge is 0.217 e. The molecular weight excluding hydrogens is 152 g/mol. The lowest BCUT2D eigenvalue weighted by Gasteiger charge is -2.04. The van der Waals surface area contributed by atoms with Gasteiger partial charge in [-0.15, -0.1) is 0 Å². The van der Waals surface area contributed by atoms with E-state index >= 15 is 0 Å². The first-order valence-electron chi connectivity index (χ1n) is 4.18. The summed E-state index contributed by atoms with van der Waals surface area (Å²) in [7, 11) is 0. The lowest BCUT2D eigenvalue weighted by molar-refractivity contribution is 0.440. The van der Waals surface area contributed by atoms with Gasteiger partial charge in [0.15, 0.2) is 0 Å². The molecule has 0 atom stereocenters. The van der Waals surface area contributed by atoms with Crippen molar-refractivity contribution in [3.05, 3.63) is 18.1 Å². The SMILES string of the molecule is CC(C)CCc1cncnc1O. The highest BCUT2D eigenvalue weighted by Gasteiger charge is 2.02. The average Bonchev–Trinajstić information content (AvgIpc) is 2.03. The van der Waals surface area contributed by atoms with Gasteiger partial charge in [-0.2, -0.15) is 0 Å². The number of aromatic nitrogens is 2. The van der Waals surface area contributed by atoms with Gasteiger partial charge >= 0.3 is 0 Å². The highest BCUT2D eigenvalue weighted by molar-refractivity contribution is 5.20. The maximum Gasteiger partial charge on any atom is 0.217 e. The van der Waals surface area contributed by atoms with E-state index in [1.807, 2.05) is 0 Å². The second-order valence-corrected chi connectivity index (χ2v) is 3.30. The molecule has 0 bridgehead atoms. The summed E-state index contributed by atoms with van der Waals surface area (Å²) in [6.07, 6.45) is 4.93. The summed E-state index contributed by atoms with van der Waals surface area (Å²) in [6.45, 7) is 4.31. The molecular formula is C9H14N2O. The van der Waals surface area contributed by atoms with Crippen LogP contribution in [-0.2, 0) is 6.42 Å². The van der Waals surface area contributed by atoms with Crippen LogP contribution in [0.4, 0.5) is 0 Å². The van der Waals surface area contributed by atoms with Crippen LogP contribution in [0, 0.1) is 5.92 Å². The molecule has 1 heterocycles. The highest BCUT2D eigenvalue weighted by Crippen LogP contribution is 2.14. The van der Waals surface area contributed by atoms with Gasteiger partial charge in [0.05, 0.1) is 0 Å². The van der Waals surface area contributed by atoms with E-state index in [0.29, 0.717) is 5.92 Å². The van der Waals surface area contributed by atoms with E-state index in [9.17, 15) is 5.11 Å². The van der Waals surface area contributed by atoms with E-state index in [0.717, 1.165) is 18.4 Å². The number of aromatic hydroxyl groups is 1. The summed E-state index contributed by atoms with van der Waals surface area (Å²) in [4.78, 5) is 7.55. The van der Waals surface area contributed by atoms with Crippen molar-refractivity contribution in [3.8, 4) is 5.88 Å². The summed E-state index contributed by atoms with van der Waals surface area (Å²) in [5.41, 5.74) is 0.839. The van der Waals surface area contributed by atoms with Gasteiger partial charge in [0.1, 0.15) is 6.33 Å². The predicted octanol–water partition coefficient (Wildman–Crippen LogP) is 1.77. The summed E-state index contributed by atoms with van der Waals surface area (Å²) in [5.74, 6) is 0.759. The fourth-order valence-electron chi connectivity index (χ4n) is 0.973. The third-order valence-electron chi connectivity index (χ3n) is 1.76. The molecule has 0 saturated heterocycles. The minimum Gasteiger partial charge on any atom is -0.493 e. The van der Waals surface area contributed by atoms with Crippen molar-refractivity contribution in [2.45, 2.75) is 26.7 Å². The maximum absolute atomic E-state index is 9.27. The van der Waals surface area contributed by atoms with Gasteiger partial charge in [-0.1, -0.05) is 13.8 Å². The van der Waals surface area contributed by atoms with Crippen LogP contribution in [0.5, 0.6) is 5.88 Å². The Morgan fingerprint density at radius 2 is 2.25 bits per heavy atom. The Morgan fingerprint density at radius 1 is 1.50 bits per heavy atom. The van der Waals surface area contributed by atoms with Gasteiger partial charge in [-0.3, -0.25) is 0 Å². The van der Waals surface area contributed by atoms with Crippen molar-refractivity contribution in [1.82, 2.24) is 9.97 Å². The van der Waals surface area contributed by atoms with Crippen molar-refractivity contribution in [1.29, 1.82) is 0 Å². The van der Waals surface area contributed by atoms with E-state index in [1.165, 1.54) is 6.33 Å². The van der Waals surface area contributed by atoms with Gasteiger partial charge in [0.2, 0.25) is 5.88 Å². The standard InChI is InChI=1S/C9H14N2O/c1-7(2)3-4-8-5-10-6-11-9(8)12/h5-7H,3-4H2,1-2H3,(H,10,11,12). The quantitative estimate of drug-likeness (QED) is 0.744. The van der Waals surface area contributed by atoms with Gasteiger partial charge < -0.3 is 5.11 Å². The molecule has 1 aromatic heterocycles. The minimum atomic E-state index is 0.116. The predicted molar refractivity (Wildman–Crippen MR) is 46.9 cm³/mol. The van der Waals surface area contributed by atoms with Crippen LogP contribution in [0.25, 0.3) is 0 Å². The third kappa shape index (κ3) is 2.49. The molecule has 0 saturated carbocycles. The van der Waals surface area contributed by atoms with Crippen LogP contribution in [0.2, 0.25) is 0 Å². The van der Waals surface area contributed by atoms with Crippen molar-refractivity contribution < 1.29 is 5.11 Å². The van der Waals surface area contributed by atoms with E-state index in [-0.39, 0.29) is 5.88 Å². The van der Waals surface area contributed by atoms with Crippen LogP contribution in [0.15, 0.2) is 12.5 Å². The number of hydrogen-bond acceptors (Lipinski definition) is 3. The van der Waals surface area contributed by atoms with E-state index in [2.05, 4.69) is 23.8 Å². The zero-order chi connectivity index (χ0) is 8.97. The number of aryl methyl sites for hydroxylation is 1. The van der Waals surface area contributed by atoms with E-state index < -0.39 is 0 Å². The Kier molecular flexibility index (Phi) is 3.02. The van der Waals surface area contributed by atoms with Crippen molar-refractivity contribution in [2.24, 2.45) is 5.92 Å². The molecule has 66 valence electrons. The Balaban J connectivity index is 2.57. The average molecular weight is 166 g/mol. The van der Waals surface area contributed by atoms with Gasteiger partial charge in [0, 0.05) is 11.8 Å². The van der Waals surface area contributed by atoms with E-state index in [1.54, 1.807) is 6.20 Å². The third-order valence-corrected chi connectivity index (χ3v) is 1.76. The Bertz CT molecular complexity index is 248. The number of rotatable bonds is 3. The van der Waals surface area contributed by atoms with Gasteiger partial charge in [-0.25, -0.2) is 9.97 Å². The molecule has 0 spiro atoms. The molecule has 3 nitrogen and oxygen atoms in total. The number of hydrogen-bond donors (Lipinski definition) is 1. The highest BCUT2D eigenvalue weighted by atomic mass is 16.3. The monoisotopic (exact) mass is 166 g/mol. The summed E-state index contributed by atoms with van der Waals surface area (Å²) >= 11 is 0. The van der Waals surface area contributed by atoms with Gasteiger partial charge in [-0.05, 0) is 18.8 Å². The van der Waals surface area contributed by atoms with Crippen LogP contribution >= 0.6 is 0 Å². The zero-order valence-corrected chi connectivity index (χ0v) is 7.49. The minimum absolute atomic E-state index is 0.116. The molecule has 1 rings (SSSR count). The molecule has 0 aliphatic carbocycles.